The molecule has 0 radical (unpaired) electrons. The molecule has 0 aliphatic carbocycles. The summed E-state index contributed by atoms with van der Waals surface area (Å²) in [6, 6.07) is 10.0. The highest BCUT2D eigenvalue weighted by molar-refractivity contribution is 5.98. The molecule has 0 atom stereocenters. The van der Waals surface area contributed by atoms with Crippen LogP contribution in [0, 0.1) is 0 Å². The first-order valence-corrected chi connectivity index (χ1v) is 9.02. The molecule has 9 heteroatoms. The average Bonchev–Trinajstić information content (AvgIpc) is 3.35. The summed E-state index contributed by atoms with van der Waals surface area (Å²) in [5.74, 6) is 2.13. The Balaban J connectivity index is 1.53. The zero-order valence-corrected chi connectivity index (χ0v) is 15.9. The van der Waals surface area contributed by atoms with Gasteiger partial charge < -0.3 is 14.4 Å². The first kappa shape index (κ1) is 18.6. The van der Waals surface area contributed by atoms with Crippen LogP contribution in [-0.4, -0.2) is 30.8 Å². The number of ether oxygens (including phenoxy) is 1. The molecule has 0 aliphatic rings. The maximum atomic E-state index is 12.6. The first-order valence-electron chi connectivity index (χ1n) is 9.02. The lowest BCUT2D eigenvalue weighted by molar-refractivity contribution is 0.254. The SMILES string of the molecule is CC(C)c1cc(NC(=O)n2ccc3cc(Oc4cc(CO)ncn4)ccc32)no1. The van der Waals surface area contributed by atoms with Crippen molar-refractivity contribution in [1.82, 2.24) is 19.7 Å². The molecular weight excluding hydrogens is 374 g/mol. The van der Waals surface area contributed by atoms with Crippen LogP contribution in [0.1, 0.15) is 31.2 Å². The Morgan fingerprint density at radius 3 is 2.86 bits per heavy atom. The molecule has 4 aromatic rings. The van der Waals surface area contributed by atoms with Crippen molar-refractivity contribution in [2.45, 2.75) is 26.4 Å². The Morgan fingerprint density at radius 1 is 1.24 bits per heavy atom. The van der Waals surface area contributed by atoms with Gasteiger partial charge in [0.2, 0.25) is 5.88 Å². The normalized spacial score (nSPS) is 11.2. The van der Waals surface area contributed by atoms with E-state index in [2.05, 4.69) is 20.4 Å². The van der Waals surface area contributed by atoms with Crippen molar-refractivity contribution in [2.75, 3.05) is 5.32 Å². The second-order valence-corrected chi connectivity index (χ2v) is 6.71. The predicted molar refractivity (Wildman–Crippen MR) is 105 cm³/mol. The molecular formula is C20H19N5O4. The fourth-order valence-corrected chi connectivity index (χ4v) is 2.79. The lowest BCUT2D eigenvalue weighted by atomic mass is 10.2. The first-order chi connectivity index (χ1) is 14.0. The van der Waals surface area contributed by atoms with Gasteiger partial charge in [-0.05, 0) is 24.3 Å². The van der Waals surface area contributed by atoms with Crippen LogP contribution in [0.5, 0.6) is 11.6 Å². The van der Waals surface area contributed by atoms with Crippen molar-refractivity contribution in [3.05, 3.63) is 60.4 Å². The van der Waals surface area contributed by atoms with E-state index in [0.717, 1.165) is 5.39 Å². The molecule has 1 amide bonds. The summed E-state index contributed by atoms with van der Waals surface area (Å²) in [5.41, 5.74) is 1.17. The second kappa shape index (κ2) is 7.72. The number of anilines is 1. The molecule has 2 N–H and O–H groups in total. The zero-order valence-electron chi connectivity index (χ0n) is 15.9. The lowest BCUT2D eigenvalue weighted by Gasteiger charge is -2.07. The van der Waals surface area contributed by atoms with Crippen molar-refractivity contribution in [3.63, 3.8) is 0 Å². The lowest BCUT2D eigenvalue weighted by Crippen LogP contribution is -2.18. The molecule has 3 heterocycles. The Morgan fingerprint density at radius 2 is 2.10 bits per heavy atom. The smallest absolute Gasteiger partial charge is 0.331 e. The van der Waals surface area contributed by atoms with E-state index in [9.17, 15) is 4.79 Å². The summed E-state index contributed by atoms with van der Waals surface area (Å²) in [7, 11) is 0. The Labute approximate surface area is 165 Å². The fraction of sp³-hybridized carbons (Fsp3) is 0.200. The standard InChI is InChI=1S/C20H19N5O4/c1-12(2)17-9-18(24-29-17)23-20(27)25-6-5-13-7-15(3-4-16(13)25)28-19-8-14(10-26)21-11-22-19/h3-9,11-12,26H,10H2,1-2H3,(H,23,24,27). The van der Waals surface area contributed by atoms with Gasteiger partial charge in [0.05, 0.1) is 17.8 Å². The van der Waals surface area contributed by atoms with Crippen LogP contribution in [0.4, 0.5) is 10.6 Å². The minimum absolute atomic E-state index is 0.183. The second-order valence-electron chi connectivity index (χ2n) is 6.71. The van der Waals surface area contributed by atoms with Crippen LogP contribution in [0.2, 0.25) is 0 Å². The maximum Gasteiger partial charge on any atom is 0.331 e. The number of aromatic nitrogens is 4. The van der Waals surface area contributed by atoms with Crippen LogP contribution >= 0.6 is 0 Å². The highest BCUT2D eigenvalue weighted by Crippen LogP contribution is 2.26. The van der Waals surface area contributed by atoms with Gasteiger partial charge in [-0.1, -0.05) is 19.0 Å². The van der Waals surface area contributed by atoms with Gasteiger partial charge in [0.25, 0.3) is 0 Å². The summed E-state index contributed by atoms with van der Waals surface area (Å²) in [5, 5.41) is 16.6. The minimum Gasteiger partial charge on any atom is -0.439 e. The van der Waals surface area contributed by atoms with E-state index in [1.54, 1.807) is 36.5 Å². The summed E-state index contributed by atoms with van der Waals surface area (Å²) >= 11 is 0. The number of nitrogens with zero attached hydrogens (tertiary/aromatic N) is 4. The molecule has 0 fully saturated rings. The molecule has 0 unspecified atom stereocenters. The third-order valence-electron chi connectivity index (χ3n) is 4.30. The number of rotatable bonds is 5. The van der Waals surface area contributed by atoms with Crippen LogP contribution in [0.25, 0.3) is 10.9 Å². The van der Waals surface area contributed by atoms with Gasteiger partial charge in [0, 0.05) is 29.6 Å². The van der Waals surface area contributed by atoms with Crippen molar-refractivity contribution in [1.29, 1.82) is 0 Å². The number of amides is 1. The van der Waals surface area contributed by atoms with Crippen LogP contribution in [0.3, 0.4) is 0 Å². The van der Waals surface area contributed by atoms with Gasteiger partial charge >= 0.3 is 6.03 Å². The number of aliphatic hydroxyl groups is 1. The maximum absolute atomic E-state index is 12.6. The van der Waals surface area contributed by atoms with Gasteiger partial charge in [-0.15, -0.1) is 0 Å². The minimum atomic E-state index is -0.347. The highest BCUT2D eigenvalue weighted by atomic mass is 16.5. The molecule has 1 aromatic carbocycles. The molecule has 0 aliphatic heterocycles. The van der Waals surface area contributed by atoms with Gasteiger partial charge in [-0.25, -0.2) is 14.8 Å². The quantitative estimate of drug-likeness (QED) is 0.528. The number of carbonyl (C=O) groups is 1. The van der Waals surface area contributed by atoms with E-state index in [-0.39, 0.29) is 18.6 Å². The molecule has 29 heavy (non-hydrogen) atoms. The molecule has 0 saturated carbocycles. The third kappa shape index (κ3) is 3.94. The third-order valence-corrected chi connectivity index (χ3v) is 4.30. The van der Waals surface area contributed by atoms with E-state index in [1.165, 1.54) is 10.9 Å². The molecule has 148 valence electrons. The molecule has 3 aromatic heterocycles. The predicted octanol–water partition coefficient (Wildman–Crippen LogP) is 3.91. The molecule has 0 saturated heterocycles. The number of nitrogens with one attached hydrogen (secondary N) is 1. The average molecular weight is 393 g/mol. The number of aliphatic hydroxyl groups excluding tert-OH is 1. The Hall–Kier alpha value is -3.72. The van der Waals surface area contributed by atoms with Crippen molar-refractivity contribution in [3.8, 4) is 11.6 Å². The molecule has 0 spiro atoms. The topological polar surface area (TPSA) is 115 Å². The van der Waals surface area contributed by atoms with Crippen LogP contribution < -0.4 is 10.1 Å². The number of fused-ring (bicyclic) bond motifs is 1. The monoisotopic (exact) mass is 393 g/mol. The summed E-state index contributed by atoms with van der Waals surface area (Å²) in [6.45, 7) is 3.77. The Bertz CT molecular complexity index is 1160. The summed E-state index contributed by atoms with van der Waals surface area (Å²) in [4.78, 5) is 20.6. The van der Waals surface area contributed by atoms with E-state index in [1.807, 2.05) is 19.9 Å². The van der Waals surface area contributed by atoms with E-state index in [0.29, 0.717) is 34.4 Å². The van der Waals surface area contributed by atoms with E-state index >= 15 is 0 Å². The van der Waals surface area contributed by atoms with Gasteiger partial charge in [0.1, 0.15) is 17.8 Å². The van der Waals surface area contributed by atoms with Crippen LogP contribution in [-0.2, 0) is 6.61 Å². The zero-order chi connectivity index (χ0) is 20.4. The van der Waals surface area contributed by atoms with E-state index in [4.69, 9.17) is 14.4 Å². The molecule has 9 nitrogen and oxygen atoms in total. The van der Waals surface area contributed by atoms with Crippen LogP contribution in [0.15, 0.2) is 53.4 Å². The number of carbonyl (C=O) groups excluding carboxylic acids is 1. The van der Waals surface area contributed by atoms with Crippen molar-refractivity contribution >= 4 is 22.8 Å². The van der Waals surface area contributed by atoms with Crippen molar-refractivity contribution < 1.29 is 19.2 Å². The fourth-order valence-electron chi connectivity index (χ4n) is 2.79. The van der Waals surface area contributed by atoms with E-state index < -0.39 is 0 Å². The van der Waals surface area contributed by atoms with Crippen molar-refractivity contribution in [2.24, 2.45) is 0 Å². The highest BCUT2D eigenvalue weighted by Gasteiger charge is 2.14. The number of hydrogen-bond donors (Lipinski definition) is 2. The summed E-state index contributed by atoms with van der Waals surface area (Å²) < 4.78 is 12.4. The Kier molecular flexibility index (Phi) is 4.96. The van der Waals surface area contributed by atoms with Gasteiger partial charge in [-0.3, -0.25) is 9.88 Å². The summed E-state index contributed by atoms with van der Waals surface area (Å²) in [6.07, 6.45) is 3.00. The van der Waals surface area contributed by atoms with Gasteiger partial charge in [0.15, 0.2) is 5.82 Å². The molecule has 4 rings (SSSR count). The largest absolute Gasteiger partial charge is 0.439 e. The van der Waals surface area contributed by atoms with Gasteiger partial charge in [-0.2, -0.15) is 0 Å². The molecule has 0 bridgehead atoms. The number of benzene rings is 1. The number of hydrogen-bond acceptors (Lipinski definition) is 7.